The monoisotopic (exact) mass is 329 g/mol. The lowest BCUT2D eigenvalue weighted by molar-refractivity contribution is 0.0932. The predicted octanol–water partition coefficient (Wildman–Crippen LogP) is 4.26. The average Bonchev–Trinajstić information content (AvgIpc) is 2.47. The zero-order valence-electron chi connectivity index (χ0n) is 11.1. The first kappa shape index (κ1) is 13.4. The highest BCUT2D eigenvalue weighted by atomic mass is 79.9. The number of hydrogen-bond acceptors (Lipinski definition) is 1. The van der Waals surface area contributed by atoms with Crippen molar-refractivity contribution < 1.29 is 4.79 Å². The second kappa shape index (κ2) is 5.80. The van der Waals surface area contributed by atoms with Gasteiger partial charge >= 0.3 is 0 Å². The molecule has 0 fully saturated rings. The van der Waals surface area contributed by atoms with E-state index in [0.717, 1.165) is 23.7 Å². The molecular formula is C17H16BrNO. The topological polar surface area (TPSA) is 29.1 Å². The number of amides is 1. The van der Waals surface area contributed by atoms with Crippen LogP contribution < -0.4 is 5.32 Å². The standard InChI is InChI=1S/C17H16BrNO/c18-14-8-3-7-13(11-14)17(20)19-16-10-4-6-12-5-1-2-9-15(12)16/h1-3,5,7-9,11,16H,4,6,10H2,(H,19,20)/t16-/m1/s1. The van der Waals surface area contributed by atoms with Gasteiger partial charge < -0.3 is 5.32 Å². The second-order valence-corrected chi connectivity index (χ2v) is 6.04. The van der Waals surface area contributed by atoms with E-state index < -0.39 is 0 Å². The Kier molecular flexibility index (Phi) is 3.88. The minimum atomic E-state index is -0.00648. The van der Waals surface area contributed by atoms with Gasteiger partial charge in [0.05, 0.1) is 6.04 Å². The van der Waals surface area contributed by atoms with Gasteiger partial charge in [-0.3, -0.25) is 4.79 Å². The molecule has 0 saturated heterocycles. The van der Waals surface area contributed by atoms with Gasteiger partial charge in [0.1, 0.15) is 0 Å². The van der Waals surface area contributed by atoms with Crippen molar-refractivity contribution in [2.75, 3.05) is 0 Å². The molecule has 102 valence electrons. The Morgan fingerprint density at radius 2 is 2.00 bits per heavy atom. The molecule has 1 amide bonds. The molecule has 0 heterocycles. The number of halogens is 1. The first-order chi connectivity index (χ1) is 9.74. The van der Waals surface area contributed by atoms with Crippen molar-refractivity contribution in [1.29, 1.82) is 0 Å². The molecule has 2 aromatic rings. The molecule has 3 heteroatoms. The summed E-state index contributed by atoms with van der Waals surface area (Å²) in [5, 5.41) is 3.16. The van der Waals surface area contributed by atoms with E-state index in [1.54, 1.807) is 0 Å². The second-order valence-electron chi connectivity index (χ2n) is 5.13. The van der Waals surface area contributed by atoms with Gasteiger partial charge in [-0.25, -0.2) is 0 Å². The van der Waals surface area contributed by atoms with Gasteiger partial charge in [0, 0.05) is 10.0 Å². The van der Waals surface area contributed by atoms with Crippen LogP contribution in [0.3, 0.4) is 0 Å². The Labute approximate surface area is 127 Å². The Hall–Kier alpha value is -1.61. The molecule has 3 rings (SSSR count). The van der Waals surface area contributed by atoms with Crippen molar-refractivity contribution in [3.05, 3.63) is 69.7 Å². The van der Waals surface area contributed by atoms with E-state index in [-0.39, 0.29) is 11.9 Å². The Morgan fingerprint density at radius 1 is 1.15 bits per heavy atom. The molecule has 0 radical (unpaired) electrons. The molecule has 20 heavy (non-hydrogen) atoms. The smallest absolute Gasteiger partial charge is 0.251 e. The van der Waals surface area contributed by atoms with E-state index in [1.165, 1.54) is 11.1 Å². The summed E-state index contributed by atoms with van der Waals surface area (Å²) in [6.45, 7) is 0. The SMILES string of the molecule is O=C(N[C@@H]1CCCc2ccccc21)c1cccc(Br)c1. The molecule has 2 aromatic carbocycles. The van der Waals surface area contributed by atoms with Crippen molar-refractivity contribution in [2.45, 2.75) is 25.3 Å². The minimum absolute atomic E-state index is 0.00648. The maximum atomic E-state index is 12.3. The van der Waals surface area contributed by atoms with Crippen molar-refractivity contribution >= 4 is 21.8 Å². The zero-order chi connectivity index (χ0) is 13.9. The van der Waals surface area contributed by atoms with Crippen LogP contribution in [0.4, 0.5) is 0 Å². The van der Waals surface area contributed by atoms with Gasteiger partial charge in [-0.2, -0.15) is 0 Å². The highest BCUT2D eigenvalue weighted by Crippen LogP contribution is 2.29. The number of carbonyl (C=O) groups is 1. The van der Waals surface area contributed by atoms with Crippen LogP contribution in [0.1, 0.15) is 40.4 Å². The van der Waals surface area contributed by atoms with Crippen LogP contribution in [0.25, 0.3) is 0 Å². The lowest BCUT2D eigenvalue weighted by Gasteiger charge is -2.26. The summed E-state index contributed by atoms with van der Waals surface area (Å²) in [5.41, 5.74) is 3.32. The summed E-state index contributed by atoms with van der Waals surface area (Å²) in [6.07, 6.45) is 3.25. The summed E-state index contributed by atoms with van der Waals surface area (Å²) >= 11 is 3.40. The van der Waals surface area contributed by atoms with Crippen LogP contribution in [0.2, 0.25) is 0 Å². The number of fused-ring (bicyclic) bond motifs is 1. The molecule has 1 atom stereocenters. The predicted molar refractivity (Wildman–Crippen MR) is 83.7 cm³/mol. The summed E-state index contributed by atoms with van der Waals surface area (Å²) < 4.78 is 0.925. The van der Waals surface area contributed by atoms with Crippen LogP contribution in [0.5, 0.6) is 0 Å². The molecule has 0 unspecified atom stereocenters. The van der Waals surface area contributed by atoms with Crippen LogP contribution in [-0.4, -0.2) is 5.91 Å². The number of carbonyl (C=O) groups excluding carboxylic acids is 1. The molecule has 0 aromatic heterocycles. The maximum absolute atomic E-state index is 12.3. The van der Waals surface area contributed by atoms with Crippen LogP contribution >= 0.6 is 15.9 Å². The Morgan fingerprint density at radius 3 is 2.85 bits per heavy atom. The fourth-order valence-corrected chi connectivity index (χ4v) is 3.17. The molecule has 1 N–H and O–H groups in total. The van der Waals surface area contributed by atoms with E-state index in [0.29, 0.717) is 5.56 Å². The van der Waals surface area contributed by atoms with Crippen LogP contribution in [0.15, 0.2) is 53.0 Å². The largest absolute Gasteiger partial charge is 0.345 e. The third kappa shape index (κ3) is 2.78. The van der Waals surface area contributed by atoms with Crippen molar-refractivity contribution in [3.8, 4) is 0 Å². The fraction of sp³-hybridized carbons (Fsp3) is 0.235. The van der Waals surface area contributed by atoms with Crippen molar-refractivity contribution in [1.82, 2.24) is 5.32 Å². The first-order valence-corrected chi connectivity index (χ1v) is 7.67. The quantitative estimate of drug-likeness (QED) is 0.876. The number of rotatable bonds is 2. The molecule has 1 aliphatic carbocycles. The van der Waals surface area contributed by atoms with Crippen molar-refractivity contribution in [2.24, 2.45) is 0 Å². The zero-order valence-corrected chi connectivity index (χ0v) is 12.7. The first-order valence-electron chi connectivity index (χ1n) is 6.88. The van der Waals surface area contributed by atoms with E-state index in [1.807, 2.05) is 30.3 Å². The van der Waals surface area contributed by atoms with E-state index in [2.05, 4.69) is 39.4 Å². The number of aryl methyl sites for hydroxylation is 1. The molecule has 0 saturated carbocycles. The lowest BCUT2D eigenvalue weighted by atomic mass is 9.87. The molecule has 0 bridgehead atoms. The summed E-state index contributed by atoms with van der Waals surface area (Å²) in [5.74, 6) is -0.00648. The third-order valence-corrected chi connectivity index (χ3v) is 4.25. The fourth-order valence-electron chi connectivity index (χ4n) is 2.78. The van der Waals surface area contributed by atoms with Crippen LogP contribution in [0, 0.1) is 0 Å². The van der Waals surface area contributed by atoms with Gasteiger partial charge in [0.15, 0.2) is 0 Å². The van der Waals surface area contributed by atoms with Crippen LogP contribution in [-0.2, 0) is 6.42 Å². The summed E-state index contributed by atoms with van der Waals surface area (Å²) in [4.78, 5) is 12.3. The Bertz CT molecular complexity index is 638. The normalized spacial score (nSPS) is 17.4. The molecule has 2 nitrogen and oxygen atoms in total. The van der Waals surface area contributed by atoms with Gasteiger partial charge in [0.2, 0.25) is 0 Å². The molecular weight excluding hydrogens is 314 g/mol. The summed E-state index contributed by atoms with van der Waals surface area (Å²) in [6, 6.07) is 16.0. The van der Waals surface area contributed by atoms with E-state index >= 15 is 0 Å². The number of hydrogen-bond donors (Lipinski definition) is 1. The number of nitrogens with one attached hydrogen (secondary N) is 1. The minimum Gasteiger partial charge on any atom is -0.345 e. The van der Waals surface area contributed by atoms with E-state index in [9.17, 15) is 4.79 Å². The van der Waals surface area contributed by atoms with Gasteiger partial charge in [0.25, 0.3) is 5.91 Å². The molecule has 1 aliphatic rings. The molecule has 0 spiro atoms. The average molecular weight is 330 g/mol. The van der Waals surface area contributed by atoms with Gasteiger partial charge in [-0.15, -0.1) is 0 Å². The number of benzene rings is 2. The summed E-state index contributed by atoms with van der Waals surface area (Å²) in [7, 11) is 0. The van der Waals surface area contributed by atoms with Crippen molar-refractivity contribution in [3.63, 3.8) is 0 Å². The third-order valence-electron chi connectivity index (χ3n) is 3.76. The maximum Gasteiger partial charge on any atom is 0.251 e. The van der Waals surface area contributed by atoms with Gasteiger partial charge in [-0.1, -0.05) is 46.3 Å². The highest BCUT2D eigenvalue weighted by Gasteiger charge is 2.21. The van der Waals surface area contributed by atoms with E-state index in [4.69, 9.17) is 0 Å². The Balaban J connectivity index is 1.81. The molecule has 0 aliphatic heterocycles. The van der Waals surface area contributed by atoms with Gasteiger partial charge in [-0.05, 0) is 48.6 Å². The lowest BCUT2D eigenvalue weighted by Crippen LogP contribution is -2.30. The highest BCUT2D eigenvalue weighted by molar-refractivity contribution is 9.10.